The first kappa shape index (κ1) is 12.7. The molecule has 0 aromatic carbocycles. The molecule has 0 amide bonds. The number of aromatic nitrogens is 4. The molecule has 1 N–H and O–H groups in total. The Hall–Kier alpha value is -1.78. The Bertz CT molecular complexity index is 497. The van der Waals surface area contributed by atoms with Crippen molar-refractivity contribution in [2.75, 3.05) is 5.32 Å². The zero-order valence-electron chi connectivity index (χ0n) is 11.3. The molecule has 2 aromatic rings. The summed E-state index contributed by atoms with van der Waals surface area (Å²) in [6.45, 7) is 8.91. The molecule has 98 valence electrons. The number of nitrogens with zero attached hydrogens (tertiary/aromatic N) is 4. The summed E-state index contributed by atoms with van der Waals surface area (Å²) in [7, 11) is 0. The minimum atomic E-state index is 0.719. The fourth-order valence-electron chi connectivity index (χ4n) is 1.95. The van der Waals surface area contributed by atoms with Crippen molar-refractivity contribution in [3.05, 3.63) is 29.7 Å². The van der Waals surface area contributed by atoms with Crippen molar-refractivity contribution in [2.45, 2.75) is 46.8 Å². The summed E-state index contributed by atoms with van der Waals surface area (Å²) >= 11 is 0. The predicted molar refractivity (Wildman–Crippen MR) is 72.5 cm³/mol. The van der Waals surface area contributed by atoms with Gasteiger partial charge in [-0.3, -0.25) is 9.36 Å². The van der Waals surface area contributed by atoms with E-state index in [1.807, 2.05) is 21.6 Å². The van der Waals surface area contributed by atoms with Crippen molar-refractivity contribution in [1.82, 2.24) is 19.6 Å². The fraction of sp³-hybridized carbons (Fsp3) is 0.538. The van der Waals surface area contributed by atoms with E-state index in [0.29, 0.717) is 0 Å². The smallest absolute Gasteiger partial charge is 0.148 e. The Morgan fingerprint density at radius 3 is 2.78 bits per heavy atom. The highest BCUT2D eigenvalue weighted by Crippen LogP contribution is 2.09. The molecule has 0 atom stereocenters. The van der Waals surface area contributed by atoms with Crippen molar-refractivity contribution in [3.63, 3.8) is 0 Å². The van der Waals surface area contributed by atoms with Crippen LogP contribution in [0.2, 0.25) is 0 Å². The number of rotatable bonds is 6. The average Bonchev–Trinajstić information content (AvgIpc) is 2.94. The summed E-state index contributed by atoms with van der Waals surface area (Å²) < 4.78 is 3.96. The molecule has 0 bridgehead atoms. The van der Waals surface area contributed by atoms with Crippen LogP contribution >= 0.6 is 0 Å². The topological polar surface area (TPSA) is 47.7 Å². The van der Waals surface area contributed by atoms with E-state index in [2.05, 4.69) is 42.4 Å². The van der Waals surface area contributed by atoms with Gasteiger partial charge in [0.05, 0.1) is 12.2 Å². The minimum absolute atomic E-state index is 0.719. The van der Waals surface area contributed by atoms with Crippen molar-refractivity contribution in [2.24, 2.45) is 0 Å². The van der Waals surface area contributed by atoms with Gasteiger partial charge in [-0.25, -0.2) is 0 Å². The third kappa shape index (κ3) is 2.91. The molecule has 0 aliphatic heterocycles. The van der Waals surface area contributed by atoms with E-state index in [0.717, 1.165) is 37.6 Å². The molecular weight excluding hydrogens is 226 g/mol. The maximum Gasteiger partial charge on any atom is 0.148 e. The molecule has 0 aliphatic rings. The Morgan fingerprint density at radius 2 is 2.11 bits per heavy atom. The van der Waals surface area contributed by atoms with Crippen LogP contribution in [0.15, 0.2) is 18.3 Å². The summed E-state index contributed by atoms with van der Waals surface area (Å²) in [5.74, 6) is 0.916. The number of hydrogen-bond donors (Lipinski definition) is 1. The summed E-state index contributed by atoms with van der Waals surface area (Å²) in [5, 5.41) is 12.2. The van der Waals surface area contributed by atoms with Crippen LogP contribution in [0, 0.1) is 6.92 Å². The highest BCUT2D eigenvalue weighted by molar-refractivity contribution is 5.36. The van der Waals surface area contributed by atoms with Crippen LogP contribution in [-0.4, -0.2) is 19.6 Å². The SMILES string of the molecule is CCCn1ccc(CNc2cc(C)n(CC)n2)n1. The highest BCUT2D eigenvalue weighted by atomic mass is 15.3. The normalized spacial score (nSPS) is 10.8. The van der Waals surface area contributed by atoms with E-state index >= 15 is 0 Å². The van der Waals surface area contributed by atoms with Gasteiger partial charge in [-0.05, 0) is 26.3 Å². The Kier molecular flexibility index (Phi) is 4.02. The Labute approximate surface area is 108 Å². The summed E-state index contributed by atoms with van der Waals surface area (Å²) in [6, 6.07) is 4.11. The lowest BCUT2D eigenvalue weighted by Gasteiger charge is -2.00. The number of anilines is 1. The number of hydrogen-bond acceptors (Lipinski definition) is 3. The third-order valence-electron chi connectivity index (χ3n) is 2.88. The van der Waals surface area contributed by atoms with Crippen LogP contribution in [-0.2, 0) is 19.6 Å². The quantitative estimate of drug-likeness (QED) is 0.853. The largest absolute Gasteiger partial charge is 0.363 e. The third-order valence-corrected chi connectivity index (χ3v) is 2.88. The van der Waals surface area contributed by atoms with E-state index in [4.69, 9.17) is 0 Å². The van der Waals surface area contributed by atoms with Gasteiger partial charge in [0.25, 0.3) is 0 Å². The Balaban J connectivity index is 1.93. The molecule has 0 fully saturated rings. The van der Waals surface area contributed by atoms with E-state index in [9.17, 15) is 0 Å². The second-order valence-electron chi connectivity index (χ2n) is 4.41. The maximum absolute atomic E-state index is 4.48. The zero-order valence-corrected chi connectivity index (χ0v) is 11.3. The van der Waals surface area contributed by atoms with Gasteiger partial charge < -0.3 is 5.32 Å². The van der Waals surface area contributed by atoms with E-state index in [1.54, 1.807) is 0 Å². The van der Waals surface area contributed by atoms with Gasteiger partial charge >= 0.3 is 0 Å². The lowest BCUT2D eigenvalue weighted by Crippen LogP contribution is -2.04. The molecule has 5 heteroatoms. The minimum Gasteiger partial charge on any atom is -0.363 e. The van der Waals surface area contributed by atoms with Gasteiger partial charge in [0.1, 0.15) is 5.82 Å². The maximum atomic E-state index is 4.48. The molecule has 18 heavy (non-hydrogen) atoms. The molecule has 0 unspecified atom stereocenters. The molecule has 5 nitrogen and oxygen atoms in total. The van der Waals surface area contributed by atoms with Crippen LogP contribution in [0.25, 0.3) is 0 Å². The summed E-state index contributed by atoms with van der Waals surface area (Å²) in [5.41, 5.74) is 2.23. The zero-order chi connectivity index (χ0) is 13.0. The molecule has 0 spiro atoms. The molecule has 0 radical (unpaired) electrons. The van der Waals surface area contributed by atoms with Crippen molar-refractivity contribution < 1.29 is 0 Å². The van der Waals surface area contributed by atoms with Gasteiger partial charge in [-0.15, -0.1) is 0 Å². The number of aryl methyl sites for hydroxylation is 3. The monoisotopic (exact) mass is 247 g/mol. The first-order valence-electron chi connectivity index (χ1n) is 6.53. The highest BCUT2D eigenvalue weighted by Gasteiger charge is 2.03. The van der Waals surface area contributed by atoms with E-state index in [-0.39, 0.29) is 0 Å². The van der Waals surface area contributed by atoms with Crippen LogP contribution < -0.4 is 5.32 Å². The van der Waals surface area contributed by atoms with Crippen LogP contribution in [0.4, 0.5) is 5.82 Å². The molecule has 2 rings (SSSR count). The number of nitrogens with one attached hydrogen (secondary N) is 1. The summed E-state index contributed by atoms with van der Waals surface area (Å²) in [6.07, 6.45) is 3.13. The van der Waals surface area contributed by atoms with E-state index in [1.165, 1.54) is 5.69 Å². The summed E-state index contributed by atoms with van der Waals surface area (Å²) in [4.78, 5) is 0. The molecule has 0 saturated heterocycles. The van der Waals surface area contributed by atoms with Crippen molar-refractivity contribution in [3.8, 4) is 0 Å². The molecule has 2 heterocycles. The fourth-order valence-corrected chi connectivity index (χ4v) is 1.95. The van der Waals surface area contributed by atoms with Crippen molar-refractivity contribution in [1.29, 1.82) is 0 Å². The van der Waals surface area contributed by atoms with Gasteiger partial charge in [0.15, 0.2) is 0 Å². The first-order chi connectivity index (χ1) is 8.72. The first-order valence-corrected chi connectivity index (χ1v) is 6.53. The van der Waals surface area contributed by atoms with Gasteiger partial charge in [0.2, 0.25) is 0 Å². The lowest BCUT2D eigenvalue weighted by atomic mass is 10.4. The Morgan fingerprint density at radius 1 is 1.28 bits per heavy atom. The van der Waals surface area contributed by atoms with Gasteiger partial charge in [-0.2, -0.15) is 10.2 Å². The van der Waals surface area contributed by atoms with Crippen LogP contribution in [0.1, 0.15) is 31.7 Å². The van der Waals surface area contributed by atoms with Crippen LogP contribution in [0.3, 0.4) is 0 Å². The molecule has 0 aliphatic carbocycles. The lowest BCUT2D eigenvalue weighted by molar-refractivity contribution is 0.595. The van der Waals surface area contributed by atoms with Crippen molar-refractivity contribution >= 4 is 5.82 Å². The average molecular weight is 247 g/mol. The van der Waals surface area contributed by atoms with Gasteiger partial charge in [-0.1, -0.05) is 6.92 Å². The molecular formula is C13H21N5. The molecule has 0 saturated carbocycles. The van der Waals surface area contributed by atoms with Crippen LogP contribution in [0.5, 0.6) is 0 Å². The standard InChI is InChI=1S/C13H21N5/c1-4-7-17-8-6-12(15-17)10-14-13-9-11(3)18(5-2)16-13/h6,8-9H,4-5,7,10H2,1-3H3,(H,14,16). The second kappa shape index (κ2) is 5.71. The van der Waals surface area contributed by atoms with Gasteiger partial charge in [0, 0.05) is 31.0 Å². The predicted octanol–water partition coefficient (Wildman–Crippen LogP) is 2.43. The molecule has 2 aromatic heterocycles. The van der Waals surface area contributed by atoms with E-state index < -0.39 is 0 Å². The second-order valence-corrected chi connectivity index (χ2v) is 4.41.